The number of benzene rings is 1. The van der Waals surface area contributed by atoms with Crippen molar-refractivity contribution in [2.75, 3.05) is 6.54 Å². The van der Waals surface area contributed by atoms with E-state index < -0.39 is 32.6 Å². The third-order valence-corrected chi connectivity index (χ3v) is 4.28. The number of hydrogen-bond donors (Lipinski definition) is 1. The second kappa shape index (κ2) is 7.59. The van der Waals surface area contributed by atoms with Crippen molar-refractivity contribution in [1.29, 1.82) is 0 Å². The average molecular weight is 338 g/mol. The van der Waals surface area contributed by atoms with Gasteiger partial charge in [-0.3, -0.25) is 0 Å². The molecular weight excluding hydrogens is 323 g/mol. The molecule has 5 nitrogen and oxygen atoms in total. The van der Waals surface area contributed by atoms with Crippen LogP contribution in [0.25, 0.3) is 0 Å². The Bertz CT molecular complexity index is 614. The van der Waals surface area contributed by atoms with Crippen molar-refractivity contribution in [2.24, 2.45) is 0 Å². The van der Waals surface area contributed by atoms with E-state index in [1.807, 2.05) is 0 Å². The molecule has 1 aromatic carbocycles. The maximum absolute atomic E-state index is 12.5. The first-order chi connectivity index (χ1) is 10.1. The molecular formula is C13H15F3NO4S-. The molecule has 124 valence electrons. The number of carbonyl (C=O) groups is 1. The Kier molecular flexibility index (Phi) is 6.36. The van der Waals surface area contributed by atoms with Gasteiger partial charge in [0.05, 0.1) is 10.5 Å². The summed E-state index contributed by atoms with van der Waals surface area (Å²) in [4.78, 5) is 9.71. The van der Waals surface area contributed by atoms with Crippen LogP contribution in [0.1, 0.15) is 31.2 Å². The first kappa shape index (κ1) is 18.4. The van der Waals surface area contributed by atoms with Gasteiger partial charge in [0, 0.05) is 12.5 Å². The number of rotatable bonds is 8. The number of carboxylic acids is 1. The van der Waals surface area contributed by atoms with Crippen LogP contribution < -0.4 is 9.83 Å². The molecule has 0 bridgehead atoms. The molecule has 0 aromatic heterocycles. The van der Waals surface area contributed by atoms with Gasteiger partial charge in [0.15, 0.2) is 0 Å². The number of halogens is 3. The highest BCUT2D eigenvalue weighted by Crippen LogP contribution is 2.30. The fourth-order valence-electron chi connectivity index (χ4n) is 1.70. The van der Waals surface area contributed by atoms with E-state index in [-0.39, 0.29) is 13.0 Å². The summed E-state index contributed by atoms with van der Waals surface area (Å²) in [5.74, 6) is -1.18. The molecule has 0 radical (unpaired) electrons. The highest BCUT2D eigenvalue weighted by Gasteiger charge is 2.31. The molecule has 0 unspecified atom stereocenters. The summed E-state index contributed by atoms with van der Waals surface area (Å²) in [7, 11) is -4.03. The normalized spacial score (nSPS) is 12.3. The zero-order valence-corrected chi connectivity index (χ0v) is 12.3. The zero-order valence-electron chi connectivity index (χ0n) is 11.5. The van der Waals surface area contributed by atoms with Crippen molar-refractivity contribution in [3.63, 3.8) is 0 Å². The van der Waals surface area contributed by atoms with Gasteiger partial charge in [-0.05, 0) is 37.5 Å². The quantitative estimate of drug-likeness (QED) is 0.724. The molecule has 0 heterocycles. The molecule has 0 aliphatic carbocycles. The van der Waals surface area contributed by atoms with Gasteiger partial charge in [0.2, 0.25) is 10.0 Å². The lowest BCUT2D eigenvalue weighted by molar-refractivity contribution is -0.305. The number of sulfonamides is 1. The Morgan fingerprint density at radius 3 is 2.45 bits per heavy atom. The summed E-state index contributed by atoms with van der Waals surface area (Å²) >= 11 is 0. The zero-order chi connectivity index (χ0) is 16.8. The summed E-state index contributed by atoms with van der Waals surface area (Å²) in [5.41, 5.74) is -1.04. The van der Waals surface area contributed by atoms with Crippen LogP contribution in [0.4, 0.5) is 13.2 Å². The Morgan fingerprint density at radius 1 is 1.18 bits per heavy atom. The lowest BCUT2D eigenvalue weighted by Crippen LogP contribution is -2.25. The van der Waals surface area contributed by atoms with Gasteiger partial charge in [-0.25, -0.2) is 13.1 Å². The van der Waals surface area contributed by atoms with E-state index in [9.17, 15) is 31.5 Å². The van der Waals surface area contributed by atoms with Gasteiger partial charge < -0.3 is 9.90 Å². The van der Waals surface area contributed by atoms with Gasteiger partial charge in [0.1, 0.15) is 0 Å². The molecule has 0 aliphatic heterocycles. The monoisotopic (exact) mass is 338 g/mol. The Labute approximate surface area is 126 Å². The number of nitrogens with one attached hydrogen (secondary N) is 1. The van der Waals surface area contributed by atoms with Gasteiger partial charge in [-0.15, -0.1) is 0 Å². The van der Waals surface area contributed by atoms with Crippen LogP contribution in [0.15, 0.2) is 29.2 Å². The smallest absolute Gasteiger partial charge is 0.416 e. The maximum Gasteiger partial charge on any atom is 0.416 e. The van der Waals surface area contributed by atoms with Crippen molar-refractivity contribution >= 4 is 16.0 Å². The van der Waals surface area contributed by atoms with Crippen LogP contribution in [0.3, 0.4) is 0 Å². The van der Waals surface area contributed by atoms with Crippen molar-refractivity contribution in [1.82, 2.24) is 4.72 Å². The Hall–Kier alpha value is -1.61. The van der Waals surface area contributed by atoms with Crippen LogP contribution in [-0.2, 0) is 21.0 Å². The van der Waals surface area contributed by atoms with Gasteiger partial charge in [-0.2, -0.15) is 13.2 Å². The summed E-state index contributed by atoms with van der Waals surface area (Å²) in [5, 5.41) is 10.2. The first-order valence-electron chi connectivity index (χ1n) is 6.50. The lowest BCUT2D eigenvalue weighted by Gasteiger charge is -2.10. The molecule has 9 heteroatoms. The molecule has 22 heavy (non-hydrogen) atoms. The lowest BCUT2D eigenvalue weighted by atomic mass is 10.2. The minimum atomic E-state index is -4.61. The number of hydrogen-bond acceptors (Lipinski definition) is 4. The largest absolute Gasteiger partial charge is 0.550 e. The highest BCUT2D eigenvalue weighted by atomic mass is 32.2. The third-order valence-electron chi connectivity index (χ3n) is 2.82. The predicted octanol–water partition coefficient (Wildman–Crippen LogP) is 1.29. The van der Waals surface area contributed by atoms with Gasteiger partial charge in [0.25, 0.3) is 0 Å². The maximum atomic E-state index is 12.5. The highest BCUT2D eigenvalue weighted by molar-refractivity contribution is 7.89. The molecule has 1 rings (SSSR count). The third kappa shape index (κ3) is 6.02. The topological polar surface area (TPSA) is 86.3 Å². The first-order valence-corrected chi connectivity index (χ1v) is 7.98. The molecule has 0 saturated carbocycles. The van der Waals surface area contributed by atoms with Crippen molar-refractivity contribution in [3.05, 3.63) is 29.8 Å². The number of carbonyl (C=O) groups excluding carboxylic acids is 1. The molecule has 0 fully saturated rings. The van der Waals surface area contributed by atoms with E-state index in [1.165, 1.54) is 0 Å². The summed E-state index contributed by atoms with van der Waals surface area (Å²) in [6, 6.07) is 3.46. The molecule has 0 amide bonds. The van der Waals surface area contributed by atoms with Crippen LogP contribution in [0, 0.1) is 0 Å². The molecule has 0 aliphatic rings. The van der Waals surface area contributed by atoms with Crippen molar-refractivity contribution in [2.45, 2.75) is 36.8 Å². The molecule has 1 aromatic rings. The van der Waals surface area contributed by atoms with Crippen molar-refractivity contribution in [3.8, 4) is 0 Å². The molecule has 1 N–H and O–H groups in total. The molecule has 0 saturated heterocycles. The minimum Gasteiger partial charge on any atom is -0.550 e. The number of unbranched alkanes of at least 4 members (excludes halogenated alkanes) is 2. The SMILES string of the molecule is O=C([O-])CCCCCNS(=O)(=O)c1cccc(C(F)(F)F)c1. The summed E-state index contributed by atoms with van der Waals surface area (Å²) in [6.45, 7) is 0.0195. The predicted molar refractivity (Wildman–Crippen MR) is 70.1 cm³/mol. The molecule has 0 spiro atoms. The second-order valence-corrected chi connectivity index (χ2v) is 6.37. The van der Waals surface area contributed by atoms with Crippen molar-refractivity contribution < 1.29 is 31.5 Å². The van der Waals surface area contributed by atoms with E-state index >= 15 is 0 Å². The number of alkyl halides is 3. The Morgan fingerprint density at radius 2 is 1.86 bits per heavy atom. The van der Waals surface area contributed by atoms with Gasteiger partial charge >= 0.3 is 6.18 Å². The summed E-state index contributed by atoms with van der Waals surface area (Å²) in [6.07, 6.45) is -3.52. The van der Waals surface area contributed by atoms with Crippen LogP contribution in [0.2, 0.25) is 0 Å². The van der Waals surface area contributed by atoms with E-state index in [1.54, 1.807) is 0 Å². The summed E-state index contributed by atoms with van der Waals surface area (Å²) < 4.78 is 63.6. The van der Waals surface area contributed by atoms with Crippen LogP contribution in [-0.4, -0.2) is 20.9 Å². The minimum absolute atomic E-state index is 0.0195. The van der Waals surface area contributed by atoms with E-state index in [4.69, 9.17) is 0 Å². The van der Waals surface area contributed by atoms with Crippen LogP contribution in [0.5, 0.6) is 0 Å². The fraction of sp³-hybridized carbons (Fsp3) is 0.462. The average Bonchev–Trinajstić information content (AvgIpc) is 2.41. The van der Waals surface area contributed by atoms with Crippen LogP contribution >= 0.6 is 0 Å². The Balaban J connectivity index is 2.58. The second-order valence-electron chi connectivity index (χ2n) is 4.61. The number of carboxylic acid groups (broad SMARTS) is 1. The van der Waals surface area contributed by atoms with E-state index in [0.29, 0.717) is 25.3 Å². The molecule has 0 atom stereocenters. The fourth-order valence-corrected chi connectivity index (χ4v) is 2.82. The van der Waals surface area contributed by atoms with E-state index in [2.05, 4.69) is 4.72 Å². The van der Waals surface area contributed by atoms with Gasteiger partial charge in [-0.1, -0.05) is 12.5 Å². The van der Waals surface area contributed by atoms with E-state index in [0.717, 1.165) is 18.2 Å². The number of aliphatic carboxylic acids is 1. The standard InChI is InChI=1S/C13H16F3NO4S/c14-13(15,16)10-5-4-6-11(9-10)22(20,21)17-8-3-1-2-7-12(18)19/h4-6,9,17H,1-3,7-8H2,(H,18,19)/p-1.